The number of benzene rings is 1. The van der Waals surface area contributed by atoms with Crippen molar-refractivity contribution in [1.82, 2.24) is 10.2 Å². The lowest BCUT2D eigenvalue weighted by Crippen LogP contribution is -2.46. The molecule has 1 aromatic rings. The van der Waals surface area contributed by atoms with Gasteiger partial charge in [-0.1, -0.05) is 34.8 Å². The summed E-state index contributed by atoms with van der Waals surface area (Å²) in [4.78, 5) is 36.9. The zero-order valence-electron chi connectivity index (χ0n) is 14.5. The molecule has 146 valence electrons. The highest BCUT2D eigenvalue weighted by Gasteiger charge is 2.28. The van der Waals surface area contributed by atoms with Gasteiger partial charge in [0.15, 0.2) is 0 Å². The van der Waals surface area contributed by atoms with E-state index in [1.54, 1.807) is 17.0 Å². The van der Waals surface area contributed by atoms with Crippen LogP contribution in [0.15, 0.2) is 18.2 Å². The molecule has 1 unspecified atom stereocenters. The predicted molar refractivity (Wildman–Crippen MR) is 105 cm³/mol. The van der Waals surface area contributed by atoms with Crippen molar-refractivity contribution in [2.45, 2.75) is 25.8 Å². The molecule has 1 aliphatic heterocycles. The van der Waals surface area contributed by atoms with Crippen LogP contribution in [0.5, 0.6) is 0 Å². The molecule has 2 rings (SSSR count). The van der Waals surface area contributed by atoms with E-state index in [9.17, 15) is 14.4 Å². The minimum absolute atomic E-state index is 0.222. The Labute approximate surface area is 172 Å². The number of carbonyl (C=O) groups is 3. The largest absolute Gasteiger partial charge is 0.480 e. The number of halogens is 3. The fourth-order valence-corrected chi connectivity index (χ4v) is 3.37. The summed E-state index contributed by atoms with van der Waals surface area (Å²) in [5.41, 5.74) is 0.469. The van der Waals surface area contributed by atoms with Crippen LogP contribution in [0.3, 0.4) is 0 Å². The van der Waals surface area contributed by atoms with E-state index in [2.05, 4.69) is 5.32 Å². The van der Waals surface area contributed by atoms with Gasteiger partial charge in [0.1, 0.15) is 6.04 Å². The molecule has 6 nitrogen and oxygen atoms in total. The third-order valence-electron chi connectivity index (χ3n) is 4.38. The number of likely N-dealkylation sites (tertiary alicyclic amines) is 1. The van der Waals surface area contributed by atoms with Crippen LogP contribution in [-0.2, 0) is 14.4 Å². The number of piperidine rings is 1. The number of aliphatic carboxylic acids is 1. The van der Waals surface area contributed by atoms with Crippen LogP contribution in [0, 0.1) is 5.92 Å². The molecule has 1 heterocycles. The van der Waals surface area contributed by atoms with E-state index in [1.807, 2.05) is 0 Å². The maximum Gasteiger partial charge on any atom is 0.325 e. The number of amides is 2. The van der Waals surface area contributed by atoms with Gasteiger partial charge in [0.2, 0.25) is 11.8 Å². The number of carbonyl (C=O) groups excluding carboxylic acids is 2. The fraction of sp³-hybridized carbons (Fsp3) is 0.389. The number of nitrogens with zero attached hydrogens (tertiary/aromatic N) is 1. The third kappa shape index (κ3) is 5.61. The molecule has 2 amide bonds. The molecule has 2 N–H and O–H groups in total. The summed E-state index contributed by atoms with van der Waals surface area (Å²) in [6, 6.07) is 2.24. The standard InChI is InChI=1S/C18H19Cl3N2O4/c1-10(18(26)27)22-17(25)11-6-8-23(9-7-11)15(24)5-2-12-13(19)3-4-14(20)16(12)21/h2-5,10-11H,6-9H2,1H3,(H,22,25)(H,26,27)/b5-2+. The van der Waals surface area contributed by atoms with Crippen LogP contribution in [0.2, 0.25) is 15.1 Å². The summed E-state index contributed by atoms with van der Waals surface area (Å²) in [7, 11) is 0. The van der Waals surface area contributed by atoms with E-state index in [4.69, 9.17) is 39.9 Å². The molecule has 0 radical (unpaired) electrons. The summed E-state index contributed by atoms with van der Waals surface area (Å²) < 4.78 is 0. The maximum absolute atomic E-state index is 12.4. The maximum atomic E-state index is 12.4. The average molecular weight is 434 g/mol. The van der Waals surface area contributed by atoms with Gasteiger partial charge >= 0.3 is 5.97 Å². The van der Waals surface area contributed by atoms with Crippen LogP contribution in [0.1, 0.15) is 25.3 Å². The van der Waals surface area contributed by atoms with Gasteiger partial charge in [0, 0.05) is 35.7 Å². The molecule has 1 atom stereocenters. The van der Waals surface area contributed by atoms with Crippen LogP contribution in [0.4, 0.5) is 0 Å². The van der Waals surface area contributed by atoms with Crippen LogP contribution < -0.4 is 5.32 Å². The second kappa shape index (κ2) is 9.44. The Kier molecular flexibility index (Phi) is 7.53. The van der Waals surface area contributed by atoms with Gasteiger partial charge in [-0.25, -0.2) is 0 Å². The lowest BCUT2D eigenvalue weighted by Gasteiger charge is -2.31. The van der Waals surface area contributed by atoms with E-state index in [-0.39, 0.29) is 22.8 Å². The van der Waals surface area contributed by atoms with E-state index in [0.29, 0.717) is 41.5 Å². The molecule has 1 aromatic carbocycles. The molecule has 0 aliphatic carbocycles. The van der Waals surface area contributed by atoms with Crippen LogP contribution in [-0.4, -0.2) is 46.9 Å². The quantitative estimate of drug-likeness (QED) is 0.550. The van der Waals surface area contributed by atoms with Crippen molar-refractivity contribution in [3.05, 3.63) is 38.8 Å². The Morgan fingerprint density at radius 2 is 1.78 bits per heavy atom. The lowest BCUT2D eigenvalue weighted by molar-refractivity contribution is -0.142. The molecule has 27 heavy (non-hydrogen) atoms. The van der Waals surface area contributed by atoms with Crippen LogP contribution >= 0.6 is 34.8 Å². The molecule has 0 spiro atoms. The smallest absolute Gasteiger partial charge is 0.325 e. The molecular formula is C18H19Cl3N2O4. The Morgan fingerprint density at radius 1 is 1.19 bits per heavy atom. The van der Waals surface area contributed by atoms with Gasteiger partial charge in [-0.3, -0.25) is 14.4 Å². The van der Waals surface area contributed by atoms with Crippen molar-refractivity contribution in [2.24, 2.45) is 5.92 Å². The minimum Gasteiger partial charge on any atom is -0.480 e. The van der Waals surface area contributed by atoms with Gasteiger partial charge in [0.25, 0.3) is 0 Å². The average Bonchev–Trinajstić information content (AvgIpc) is 2.64. The highest BCUT2D eigenvalue weighted by atomic mass is 35.5. The number of rotatable bonds is 5. The number of nitrogens with one attached hydrogen (secondary N) is 1. The van der Waals surface area contributed by atoms with Crippen molar-refractivity contribution < 1.29 is 19.5 Å². The summed E-state index contributed by atoms with van der Waals surface area (Å²) in [6.07, 6.45) is 3.83. The van der Waals surface area contributed by atoms with E-state index < -0.39 is 12.0 Å². The molecular weight excluding hydrogens is 415 g/mol. The molecule has 1 fully saturated rings. The molecule has 0 aromatic heterocycles. The van der Waals surface area contributed by atoms with E-state index in [1.165, 1.54) is 19.1 Å². The van der Waals surface area contributed by atoms with Crippen molar-refractivity contribution >= 4 is 58.7 Å². The SMILES string of the molecule is CC(NC(=O)C1CCN(C(=O)/C=C/c2c(Cl)ccc(Cl)c2Cl)CC1)C(=O)O. The Balaban J connectivity index is 1.93. The topological polar surface area (TPSA) is 86.7 Å². The van der Waals surface area contributed by atoms with Crippen molar-refractivity contribution in [3.8, 4) is 0 Å². The zero-order valence-corrected chi connectivity index (χ0v) is 16.8. The summed E-state index contributed by atoms with van der Waals surface area (Å²) in [5, 5.41) is 12.3. The van der Waals surface area contributed by atoms with Crippen LogP contribution in [0.25, 0.3) is 6.08 Å². The van der Waals surface area contributed by atoms with E-state index >= 15 is 0 Å². The van der Waals surface area contributed by atoms with Gasteiger partial charge < -0.3 is 15.3 Å². The second-order valence-corrected chi connectivity index (χ2v) is 7.45. The Bertz CT molecular complexity index is 774. The molecule has 0 bridgehead atoms. The monoisotopic (exact) mass is 432 g/mol. The Morgan fingerprint density at radius 3 is 2.37 bits per heavy atom. The zero-order chi connectivity index (χ0) is 20.1. The van der Waals surface area contributed by atoms with Gasteiger partial charge in [0.05, 0.1) is 10.0 Å². The first kappa shape index (κ1) is 21.5. The predicted octanol–water partition coefficient (Wildman–Crippen LogP) is 3.49. The highest BCUT2D eigenvalue weighted by Crippen LogP contribution is 2.32. The lowest BCUT2D eigenvalue weighted by atomic mass is 9.95. The molecule has 1 aliphatic rings. The number of hydrogen-bond acceptors (Lipinski definition) is 3. The van der Waals surface area contributed by atoms with Crippen molar-refractivity contribution in [1.29, 1.82) is 0 Å². The van der Waals surface area contributed by atoms with Gasteiger partial charge in [-0.05, 0) is 38.0 Å². The second-order valence-electron chi connectivity index (χ2n) is 6.26. The van der Waals surface area contributed by atoms with E-state index in [0.717, 1.165) is 0 Å². The highest BCUT2D eigenvalue weighted by molar-refractivity contribution is 6.44. The summed E-state index contributed by atoms with van der Waals surface area (Å²) >= 11 is 18.1. The number of hydrogen-bond donors (Lipinski definition) is 2. The first-order valence-electron chi connectivity index (χ1n) is 8.34. The van der Waals surface area contributed by atoms with Crippen molar-refractivity contribution in [3.63, 3.8) is 0 Å². The first-order chi connectivity index (χ1) is 12.7. The number of carboxylic acids is 1. The normalized spacial score (nSPS) is 16.4. The number of carboxylic acid groups (broad SMARTS) is 1. The molecule has 9 heteroatoms. The van der Waals surface area contributed by atoms with Gasteiger partial charge in [-0.15, -0.1) is 0 Å². The van der Waals surface area contributed by atoms with Gasteiger partial charge in [-0.2, -0.15) is 0 Å². The third-order valence-corrected chi connectivity index (χ3v) is 5.53. The Hall–Kier alpha value is -1.76. The summed E-state index contributed by atoms with van der Waals surface area (Å²) in [6.45, 7) is 2.22. The first-order valence-corrected chi connectivity index (χ1v) is 9.47. The molecule has 1 saturated heterocycles. The summed E-state index contributed by atoms with van der Waals surface area (Å²) in [5.74, 6) is -1.92. The fourth-order valence-electron chi connectivity index (χ4n) is 2.71. The minimum atomic E-state index is -1.08. The van der Waals surface area contributed by atoms with Crippen molar-refractivity contribution in [2.75, 3.05) is 13.1 Å². The molecule has 0 saturated carbocycles.